The zero-order chi connectivity index (χ0) is 12.5. The van der Waals surface area contributed by atoms with Crippen molar-refractivity contribution >= 4 is 15.9 Å². The lowest BCUT2D eigenvalue weighted by molar-refractivity contribution is -0.147. The van der Waals surface area contributed by atoms with Gasteiger partial charge in [-0.05, 0) is 43.7 Å². The van der Waals surface area contributed by atoms with Gasteiger partial charge in [-0.1, -0.05) is 41.6 Å². The zero-order valence-corrected chi connectivity index (χ0v) is 12.7. The van der Waals surface area contributed by atoms with Gasteiger partial charge >= 0.3 is 0 Å². The predicted molar refractivity (Wildman–Crippen MR) is 75.3 cm³/mol. The lowest BCUT2D eigenvalue weighted by atomic mass is 10.0. The third-order valence-corrected chi connectivity index (χ3v) is 3.70. The summed E-state index contributed by atoms with van der Waals surface area (Å²) in [6.07, 6.45) is 11.1. The molecule has 0 bridgehead atoms. The minimum atomic E-state index is -0.107. The van der Waals surface area contributed by atoms with Gasteiger partial charge in [0.1, 0.15) is 0 Å². The summed E-state index contributed by atoms with van der Waals surface area (Å²) in [7, 11) is 0. The molecule has 2 unspecified atom stereocenters. The molecule has 0 saturated carbocycles. The first kappa shape index (κ1) is 15.2. The number of rotatable bonds is 4. The molecule has 0 aromatic carbocycles. The predicted octanol–water partition coefficient (Wildman–Crippen LogP) is 4.78. The van der Waals surface area contributed by atoms with Crippen LogP contribution >= 0.6 is 15.9 Å². The molecule has 0 aliphatic heterocycles. The standard InChI is InChI=1S/C14H25BrO2/c1-3-16-12(2)17-14-10-8-6-4-5-7-9-13(15)11-14/h11-12,14H,3-10H2,1-2H3/b13-11+. The van der Waals surface area contributed by atoms with Crippen molar-refractivity contribution in [2.75, 3.05) is 6.61 Å². The van der Waals surface area contributed by atoms with Crippen molar-refractivity contribution in [3.8, 4) is 0 Å². The molecule has 0 spiro atoms. The molecule has 1 aliphatic rings. The zero-order valence-electron chi connectivity index (χ0n) is 11.1. The number of allylic oxidation sites excluding steroid dienone is 1. The molecule has 0 aromatic heterocycles. The molecule has 2 atom stereocenters. The number of ether oxygens (including phenoxy) is 2. The van der Waals surface area contributed by atoms with Crippen molar-refractivity contribution in [2.24, 2.45) is 0 Å². The molecule has 0 N–H and O–H groups in total. The van der Waals surface area contributed by atoms with Crippen LogP contribution in [0.15, 0.2) is 10.6 Å². The van der Waals surface area contributed by atoms with Gasteiger partial charge in [-0.2, -0.15) is 0 Å². The molecule has 2 nitrogen and oxygen atoms in total. The Morgan fingerprint density at radius 3 is 2.76 bits per heavy atom. The SMILES string of the molecule is CCOC(C)OC1/C=C(/Br)CCCCCCC1. The molecule has 0 fully saturated rings. The van der Waals surface area contributed by atoms with E-state index in [0.29, 0.717) is 6.61 Å². The molecular formula is C14H25BrO2. The lowest BCUT2D eigenvalue weighted by Gasteiger charge is -2.21. The average molecular weight is 305 g/mol. The molecule has 1 rings (SSSR count). The minimum Gasteiger partial charge on any atom is -0.353 e. The maximum Gasteiger partial charge on any atom is 0.155 e. The van der Waals surface area contributed by atoms with Crippen molar-refractivity contribution in [3.05, 3.63) is 10.6 Å². The second kappa shape index (κ2) is 9.12. The van der Waals surface area contributed by atoms with E-state index in [2.05, 4.69) is 22.0 Å². The molecule has 0 saturated heterocycles. The van der Waals surface area contributed by atoms with E-state index in [9.17, 15) is 0 Å². The van der Waals surface area contributed by atoms with E-state index in [-0.39, 0.29) is 12.4 Å². The van der Waals surface area contributed by atoms with Gasteiger partial charge in [-0.3, -0.25) is 0 Å². The van der Waals surface area contributed by atoms with Gasteiger partial charge < -0.3 is 9.47 Å². The topological polar surface area (TPSA) is 18.5 Å². The molecule has 0 heterocycles. The van der Waals surface area contributed by atoms with Crippen LogP contribution < -0.4 is 0 Å². The summed E-state index contributed by atoms with van der Waals surface area (Å²) in [4.78, 5) is 0. The van der Waals surface area contributed by atoms with Crippen LogP contribution in [0.3, 0.4) is 0 Å². The second-order valence-corrected chi connectivity index (χ2v) is 5.64. The summed E-state index contributed by atoms with van der Waals surface area (Å²) in [6.45, 7) is 4.68. The molecule has 0 radical (unpaired) electrons. The van der Waals surface area contributed by atoms with Crippen molar-refractivity contribution < 1.29 is 9.47 Å². The molecule has 100 valence electrons. The van der Waals surface area contributed by atoms with E-state index < -0.39 is 0 Å². The van der Waals surface area contributed by atoms with Crippen LogP contribution in [-0.4, -0.2) is 19.0 Å². The summed E-state index contributed by atoms with van der Waals surface area (Å²) in [5.41, 5.74) is 0. The van der Waals surface area contributed by atoms with Gasteiger partial charge in [0.05, 0.1) is 6.10 Å². The Morgan fingerprint density at radius 1 is 1.29 bits per heavy atom. The van der Waals surface area contributed by atoms with Gasteiger partial charge in [0, 0.05) is 6.61 Å². The summed E-state index contributed by atoms with van der Waals surface area (Å²) < 4.78 is 12.6. The highest BCUT2D eigenvalue weighted by molar-refractivity contribution is 9.11. The Balaban J connectivity index is 2.48. The smallest absolute Gasteiger partial charge is 0.155 e. The van der Waals surface area contributed by atoms with Crippen molar-refractivity contribution in [3.63, 3.8) is 0 Å². The number of halogens is 1. The van der Waals surface area contributed by atoms with E-state index in [1.165, 1.54) is 36.6 Å². The largest absolute Gasteiger partial charge is 0.353 e. The Kier molecular flexibility index (Phi) is 8.15. The van der Waals surface area contributed by atoms with E-state index in [1.54, 1.807) is 0 Å². The van der Waals surface area contributed by atoms with Crippen LogP contribution in [0.2, 0.25) is 0 Å². The van der Waals surface area contributed by atoms with Crippen molar-refractivity contribution in [1.82, 2.24) is 0 Å². The number of hydrogen-bond acceptors (Lipinski definition) is 2. The fourth-order valence-corrected chi connectivity index (χ4v) is 2.74. The maximum atomic E-state index is 5.91. The molecule has 0 aromatic rings. The normalized spacial score (nSPS) is 28.2. The van der Waals surface area contributed by atoms with Crippen LogP contribution in [0.5, 0.6) is 0 Å². The number of hydrogen-bond donors (Lipinski definition) is 0. The first-order valence-electron chi connectivity index (χ1n) is 6.85. The average Bonchev–Trinajstić information content (AvgIpc) is 2.28. The maximum absolute atomic E-state index is 5.91. The molecule has 3 heteroatoms. The van der Waals surface area contributed by atoms with E-state index >= 15 is 0 Å². The summed E-state index contributed by atoms with van der Waals surface area (Å²) in [6, 6.07) is 0. The molecule has 17 heavy (non-hydrogen) atoms. The van der Waals surface area contributed by atoms with E-state index in [4.69, 9.17) is 9.47 Å². The van der Waals surface area contributed by atoms with Gasteiger partial charge in [0.15, 0.2) is 6.29 Å². The minimum absolute atomic E-state index is 0.107. The monoisotopic (exact) mass is 304 g/mol. The van der Waals surface area contributed by atoms with Crippen molar-refractivity contribution in [1.29, 1.82) is 0 Å². The van der Waals surface area contributed by atoms with E-state index in [1.807, 2.05) is 13.8 Å². The Bertz CT molecular complexity index is 228. The molecule has 1 aliphatic carbocycles. The van der Waals surface area contributed by atoms with Crippen LogP contribution in [-0.2, 0) is 9.47 Å². The van der Waals surface area contributed by atoms with Crippen molar-refractivity contribution in [2.45, 2.75) is 71.2 Å². The Morgan fingerprint density at radius 2 is 2.00 bits per heavy atom. The molecular weight excluding hydrogens is 280 g/mol. The van der Waals surface area contributed by atoms with E-state index in [0.717, 1.165) is 12.8 Å². The van der Waals surface area contributed by atoms with Crippen LogP contribution in [0.25, 0.3) is 0 Å². The highest BCUT2D eigenvalue weighted by Gasteiger charge is 2.12. The van der Waals surface area contributed by atoms with Gasteiger partial charge in [-0.25, -0.2) is 0 Å². The van der Waals surface area contributed by atoms with Crippen LogP contribution in [0.4, 0.5) is 0 Å². The Hall–Kier alpha value is 0.140. The first-order valence-corrected chi connectivity index (χ1v) is 7.65. The highest BCUT2D eigenvalue weighted by Crippen LogP contribution is 2.22. The highest BCUT2D eigenvalue weighted by atomic mass is 79.9. The fourth-order valence-electron chi connectivity index (χ4n) is 2.17. The van der Waals surface area contributed by atoms with Gasteiger partial charge in [0.25, 0.3) is 0 Å². The molecule has 0 amide bonds. The van der Waals surface area contributed by atoms with Crippen LogP contribution in [0.1, 0.15) is 58.8 Å². The van der Waals surface area contributed by atoms with Crippen LogP contribution in [0, 0.1) is 0 Å². The fraction of sp³-hybridized carbons (Fsp3) is 0.857. The first-order chi connectivity index (χ1) is 8.22. The Labute approximate surface area is 114 Å². The lowest BCUT2D eigenvalue weighted by Crippen LogP contribution is -2.21. The summed E-state index contributed by atoms with van der Waals surface area (Å²) in [5.74, 6) is 0. The van der Waals surface area contributed by atoms with Gasteiger partial charge in [-0.15, -0.1) is 0 Å². The summed E-state index contributed by atoms with van der Waals surface area (Å²) in [5, 5.41) is 0. The third-order valence-electron chi connectivity index (χ3n) is 3.04. The van der Waals surface area contributed by atoms with Gasteiger partial charge in [0.2, 0.25) is 0 Å². The third kappa shape index (κ3) is 7.22. The quantitative estimate of drug-likeness (QED) is 0.696. The second-order valence-electron chi connectivity index (χ2n) is 4.62. The summed E-state index contributed by atoms with van der Waals surface area (Å²) >= 11 is 3.64.